The van der Waals surface area contributed by atoms with Gasteiger partial charge in [0, 0.05) is 13.1 Å². The van der Waals surface area contributed by atoms with E-state index in [2.05, 4.69) is 11.8 Å². The Morgan fingerprint density at radius 1 is 1.21 bits per heavy atom. The van der Waals surface area contributed by atoms with Crippen LogP contribution in [0.3, 0.4) is 0 Å². The van der Waals surface area contributed by atoms with E-state index in [4.69, 9.17) is 0 Å². The van der Waals surface area contributed by atoms with Crippen LogP contribution in [-0.2, 0) is 0 Å². The molecule has 19 heavy (non-hydrogen) atoms. The smallest absolute Gasteiger partial charge is 0.0802 e. The van der Waals surface area contributed by atoms with Gasteiger partial charge in [-0.2, -0.15) is 0 Å². The quantitative estimate of drug-likeness (QED) is 0.796. The molecule has 3 heteroatoms. The molecule has 0 aliphatic rings. The molecule has 0 bridgehead atoms. The Labute approximate surface area is 116 Å². The predicted octanol–water partition coefficient (Wildman–Crippen LogP) is 2.51. The lowest BCUT2D eigenvalue weighted by Gasteiger charge is -2.28. The minimum absolute atomic E-state index is 0.434. The maximum absolute atomic E-state index is 10.2. The average Bonchev–Trinajstić information content (AvgIpc) is 2.33. The second-order valence-electron chi connectivity index (χ2n) is 5.90. The van der Waals surface area contributed by atoms with Gasteiger partial charge >= 0.3 is 0 Å². The van der Waals surface area contributed by atoms with Crippen molar-refractivity contribution in [3.05, 3.63) is 35.4 Å². The number of aliphatic hydroxyl groups excluding tert-OH is 1. The van der Waals surface area contributed by atoms with Gasteiger partial charge in [0.2, 0.25) is 0 Å². The number of aryl methyl sites for hydroxylation is 1. The summed E-state index contributed by atoms with van der Waals surface area (Å²) < 4.78 is 0. The van der Waals surface area contributed by atoms with Crippen LogP contribution in [0.2, 0.25) is 0 Å². The van der Waals surface area contributed by atoms with Crippen LogP contribution in [0.4, 0.5) is 0 Å². The third-order valence-electron chi connectivity index (χ3n) is 3.24. The molecule has 0 aliphatic heterocycles. The Bertz CT molecular complexity index is 367. The molecule has 108 valence electrons. The molecule has 0 spiro atoms. The van der Waals surface area contributed by atoms with Crippen molar-refractivity contribution in [1.82, 2.24) is 4.90 Å². The van der Waals surface area contributed by atoms with E-state index < -0.39 is 11.7 Å². The third-order valence-corrected chi connectivity index (χ3v) is 3.24. The number of hydrogen-bond acceptors (Lipinski definition) is 3. The topological polar surface area (TPSA) is 43.7 Å². The molecule has 0 saturated carbocycles. The molecule has 3 nitrogen and oxygen atoms in total. The van der Waals surface area contributed by atoms with Crippen molar-refractivity contribution in [3.8, 4) is 0 Å². The summed E-state index contributed by atoms with van der Waals surface area (Å²) >= 11 is 0. The molecular formula is C16H27NO2. The first kappa shape index (κ1) is 16.2. The fourth-order valence-electron chi connectivity index (χ4n) is 2.16. The molecule has 0 aromatic heterocycles. The monoisotopic (exact) mass is 265 g/mol. The summed E-state index contributed by atoms with van der Waals surface area (Å²) in [6, 6.07) is 8.00. The SMILES string of the molecule is CCN(CCC(O)c1ccc(C)cc1)CC(C)(C)O. The van der Waals surface area contributed by atoms with Gasteiger partial charge < -0.3 is 15.1 Å². The Hall–Kier alpha value is -0.900. The average molecular weight is 265 g/mol. The van der Waals surface area contributed by atoms with E-state index in [0.29, 0.717) is 13.0 Å². The maximum Gasteiger partial charge on any atom is 0.0802 e. The second kappa shape index (κ2) is 7.04. The van der Waals surface area contributed by atoms with Crippen LogP contribution < -0.4 is 0 Å². The largest absolute Gasteiger partial charge is 0.389 e. The molecule has 1 aromatic carbocycles. The van der Waals surface area contributed by atoms with Gasteiger partial charge in [-0.25, -0.2) is 0 Å². The summed E-state index contributed by atoms with van der Waals surface area (Å²) in [6.45, 7) is 10.0. The summed E-state index contributed by atoms with van der Waals surface area (Å²) in [5.41, 5.74) is 1.48. The molecule has 0 radical (unpaired) electrons. The van der Waals surface area contributed by atoms with Crippen molar-refractivity contribution in [2.45, 2.75) is 45.8 Å². The van der Waals surface area contributed by atoms with E-state index in [1.54, 1.807) is 0 Å². The van der Waals surface area contributed by atoms with Gasteiger partial charge in [0.25, 0.3) is 0 Å². The molecular weight excluding hydrogens is 238 g/mol. The molecule has 0 heterocycles. The third kappa shape index (κ3) is 6.19. The first-order valence-electron chi connectivity index (χ1n) is 7.01. The van der Waals surface area contributed by atoms with Gasteiger partial charge in [-0.1, -0.05) is 36.8 Å². The number of rotatable bonds is 7. The first-order valence-corrected chi connectivity index (χ1v) is 7.01. The van der Waals surface area contributed by atoms with E-state index >= 15 is 0 Å². The molecule has 0 aliphatic carbocycles. The summed E-state index contributed by atoms with van der Waals surface area (Å²) in [5.74, 6) is 0. The van der Waals surface area contributed by atoms with Crippen molar-refractivity contribution in [1.29, 1.82) is 0 Å². The maximum atomic E-state index is 10.2. The van der Waals surface area contributed by atoms with E-state index in [1.165, 1.54) is 5.56 Å². The molecule has 0 fully saturated rings. The zero-order valence-electron chi connectivity index (χ0n) is 12.6. The van der Waals surface area contributed by atoms with Crippen LogP contribution in [0, 0.1) is 6.92 Å². The van der Waals surface area contributed by atoms with E-state index in [9.17, 15) is 10.2 Å². The zero-order chi connectivity index (χ0) is 14.5. The minimum atomic E-state index is -0.690. The van der Waals surface area contributed by atoms with E-state index in [-0.39, 0.29) is 0 Å². The Balaban J connectivity index is 2.48. The van der Waals surface area contributed by atoms with Crippen molar-refractivity contribution >= 4 is 0 Å². The van der Waals surface area contributed by atoms with Gasteiger partial charge in [0.05, 0.1) is 11.7 Å². The Morgan fingerprint density at radius 2 is 1.79 bits per heavy atom. The van der Waals surface area contributed by atoms with Crippen LogP contribution in [0.1, 0.15) is 44.4 Å². The van der Waals surface area contributed by atoms with Crippen LogP contribution >= 0.6 is 0 Å². The fraction of sp³-hybridized carbons (Fsp3) is 0.625. The van der Waals surface area contributed by atoms with Gasteiger partial charge in [-0.3, -0.25) is 0 Å². The van der Waals surface area contributed by atoms with Crippen molar-refractivity contribution in [2.75, 3.05) is 19.6 Å². The van der Waals surface area contributed by atoms with Gasteiger partial charge in [0.1, 0.15) is 0 Å². The lowest BCUT2D eigenvalue weighted by Crippen LogP contribution is -2.39. The Kier molecular flexibility index (Phi) is 5.98. The van der Waals surface area contributed by atoms with E-state index in [1.807, 2.05) is 45.0 Å². The minimum Gasteiger partial charge on any atom is -0.389 e. The number of nitrogens with zero attached hydrogens (tertiary/aromatic N) is 1. The van der Waals surface area contributed by atoms with Crippen LogP contribution in [0.15, 0.2) is 24.3 Å². The predicted molar refractivity (Wildman–Crippen MR) is 79.2 cm³/mol. The summed E-state index contributed by atoms with van der Waals surface area (Å²) in [4.78, 5) is 2.16. The lowest BCUT2D eigenvalue weighted by atomic mass is 10.0. The van der Waals surface area contributed by atoms with Gasteiger partial charge in [-0.15, -0.1) is 0 Å². The highest BCUT2D eigenvalue weighted by atomic mass is 16.3. The molecule has 0 saturated heterocycles. The highest BCUT2D eigenvalue weighted by molar-refractivity contribution is 5.22. The number of likely N-dealkylation sites (N-methyl/N-ethyl adjacent to an activating group) is 1. The van der Waals surface area contributed by atoms with Crippen LogP contribution in [0.5, 0.6) is 0 Å². The Morgan fingerprint density at radius 3 is 2.26 bits per heavy atom. The number of hydrogen-bond donors (Lipinski definition) is 2. The molecule has 1 aromatic rings. The number of aliphatic hydroxyl groups is 2. The molecule has 2 N–H and O–H groups in total. The second-order valence-corrected chi connectivity index (χ2v) is 5.90. The van der Waals surface area contributed by atoms with Crippen molar-refractivity contribution in [3.63, 3.8) is 0 Å². The highest BCUT2D eigenvalue weighted by Gasteiger charge is 2.18. The normalized spacial score (nSPS) is 13.8. The van der Waals surface area contributed by atoms with Crippen LogP contribution in [0.25, 0.3) is 0 Å². The summed E-state index contributed by atoms with van der Waals surface area (Å²) in [6.07, 6.45) is 0.254. The summed E-state index contributed by atoms with van der Waals surface area (Å²) in [5, 5.41) is 20.0. The first-order chi connectivity index (χ1) is 8.81. The lowest BCUT2D eigenvalue weighted by molar-refractivity contribution is 0.0322. The molecule has 1 unspecified atom stereocenters. The van der Waals surface area contributed by atoms with E-state index in [0.717, 1.165) is 18.7 Å². The van der Waals surface area contributed by atoms with Crippen molar-refractivity contribution in [2.24, 2.45) is 0 Å². The number of benzene rings is 1. The molecule has 1 atom stereocenters. The summed E-state index contributed by atoms with van der Waals surface area (Å²) in [7, 11) is 0. The molecule has 0 amide bonds. The molecule has 1 rings (SSSR count). The van der Waals surface area contributed by atoms with Gasteiger partial charge in [0.15, 0.2) is 0 Å². The van der Waals surface area contributed by atoms with Gasteiger partial charge in [-0.05, 0) is 39.3 Å². The zero-order valence-corrected chi connectivity index (χ0v) is 12.6. The highest BCUT2D eigenvalue weighted by Crippen LogP contribution is 2.18. The fourth-order valence-corrected chi connectivity index (χ4v) is 2.16. The van der Waals surface area contributed by atoms with Crippen LogP contribution in [-0.4, -0.2) is 40.3 Å². The van der Waals surface area contributed by atoms with Crippen molar-refractivity contribution < 1.29 is 10.2 Å². The standard InChI is InChI=1S/C16H27NO2/c1-5-17(12-16(3,4)19)11-10-15(18)14-8-6-13(2)7-9-14/h6-9,15,18-19H,5,10-12H2,1-4H3.